The molecule has 0 spiro atoms. The first-order chi connectivity index (χ1) is 42.0. The lowest BCUT2D eigenvalue weighted by atomic mass is 9.98. The van der Waals surface area contributed by atoms with Crippen LogP contribution in [-0.2, 0) is 80.0 Å². The van der Waals surface area contributed by atoms with E-state index in [0.717, 1.165) is 0 Å². The van der Waals surface area contributed by atoms with Crippen LogP contribution in [0.15, 0.2) is 30.0 Å². The molecule has 38 nitrogen and oxygen atoms in total. The normalized spacial score (nSPS) is 14.7. The van der Waals surface area contributed by atoms with Crippen molar-refractivity contribution < 1.29 is 87.5 Å². The van der Waals surface area contributed by atoms with Crippen LogP contribution in [0.2, 0.25) is 0 Å². The molecule has 89 heavy (non-hydrogen) atoms. The minimum absolute atomic E-state index is 0.0735. The van der Waals surface area contributed by atoms with Gasteiger partial charge in [0.25, 0.3) is 0 Å². The largest absolute Gasteiger partial charge is 0.481 e. The molecule has 0 aromatic carbocycles. The number of nitrogens with one attached hydrogen (secondary N) is 11. The quantitative estimate of drug-likeness (QED) is 0.0166. The molecule has 38 heteroatoms. The van der Waals surface area contributed by atoms with Crippen molar-refractivity contribution in [3.05, 3.63) is 36.4 Å². The van der Waals surface area contributed by atoms with Crippen molar-refractivity contribution in [3.8, 4) is 0 Å². The molecule has 2 aromatic rings. The van der Waals surface area contributed by atoms with Gasteiger partial charge >= 0.3 is 17.9 Å². The van der Waals surface area contributed by atoms with E-state index in [-0.39, 0.29) is 49.6 Å². The van der Waals surface area contributed by atoms with Crippen LogP contribution in [0.4, 0.5) is 0 Å². The summed E-state index contributed by atoms with van der Waals surface area (Å²) >= 11 is 0. The first-order valence-corrected chi connectivity index (χ1v) is 28.0. The van der Waals surface area contributed by atoms with Crippen LogP contribution in [0.1, 0.15) is 102 Å². The number of primary amides is 2. The Morgan fingerprint density at radius 2 is 0.899 bits per heavy atom. The molecule has 0 fully saturated rings. The lowest BCUT2D eigenvalue weighted by molar-refractivity contribution is -0.145. The predicted octanol–water partition coefficient (Wildman–Crippen LogP) is -8.61. The van der Waals surface area contributed by atoms with Gasteiger partial charge in [0.1, 0.15) is 54.4 Å². The van der Waals surface area contributed by atoms with E-state index >= 15 is 0 Å². The number of aromatic nitrogens is 4. The summed E-state index contributed by atoms with van der Waals surface area (Å²) in [7, 11) is 0. The Balaban J connectivity index is 2.55. The Morgan fingerprint density at radius 3 is 1.28 bits per heavy atom. The molecule has 0 aliphatic rings. The molecule has 2 rings (SSSR count). The summed E-state index contributed by atoms with van der Waals surface area (Å²) in [6.07, 6.45) is 0.631. The first-order valence-electron chi connectivity index (χ1n) is 28.0. The maximum Gasteiger partial charge on any atom is 0.326 e. The van der Waals surface area contributed by atoms with E-state index in [2.05, 4.69) is 72.8 Å². The number of carbonyl (C=O) groups excluding carboxylic acids is 11. The third-order valence-electron chi connectivity index (χ3n) is 13.3. The SMILES string of the molecule is CC[C@H](C)[C@H](NC(=O)[C@H](CC(=O)O)NC(=O)[C@H](Cc1cnc[nH]1)NC(=O)[C@H](Cc1cnc[nH]1)NC(=O)[C@H](CCC(N)=O)NC(=O)[C@H](CCC(N)=O)NC(=O)[C@H](CCCN=C(N)N)NC(=O)[C@H](CO)NC(=O)[C@H](CC(=O)O)NC(=O)[C@@H](N)CCCCN)C(=O)O. The van der Waals surface area contributed by atoms with Crippen LogP contribution in [0.5, 0.6) is 0 Å². The summed E-state index contributed by atoms with van der Waals surface area (Å²) < 4.78 is 0. The number of hydrogen-bond acceptors (Lipinski definition) is 20. The average molecular weight is 1260 g/mol. The number of imidazole rings is 2. The molecule has 0 aliphatic carbocycles. The molecule has 2 aromatic heterocycles. The van der Waals surface area contributed by atoms with E-state index in [1.165, 1.54) is 32.0 Å². The summed E-state index contributed by atoms with van der Waals surface area (Å²) in [6, 6.07) is -17.1. The minimum atomic E-state index is -1.93. The fourth-order valence-corrected chi connectivity index (χ4v) is 8.26. The van der Waals surface area contributed by atoms with Crippen molar-refractivity contribution in [1.82, 2.24) is 67.8 Å². The molecule has 0 unspecified atom stereocenters. The molecule has 0 saturated heterocycles. The Hall–Kier alpha value is -9.85. The Bertz CT molecular complexity index is 2760. The Morgan fingerprint density at radius 1 is 0.517 bits per heavy atom. The first kappa shape index (κ1) is 75.2. The monoisotopic (exact) mass is 1260 g/mol. The highest BCUT2D eigenvalue weighted by molar-refractivity contribution is 6.00. The third kappa shape index (κ3) is 28.5. The van der Waals surface area contributed by atoms with Gasteiger partial charge in [0.2, 0.25) is 65.0 Å². The van der Waals surface area contributed by atoms with E-state index in [1.807, 2.05) is 0 Å². The zero-order chi connectivity index (χ0) is 66.9. The minimum Gasteiger partial charge on any atom is -0.481 e. The van der Waals surface area contributed by atoms with Gasteiger partial charge in [0.15, 0.2) is 5.96 Å². The lowest BCUT2D eigenvalue weighted by Gasteiger charge is -2.28. The number of aliphatic imine (C=N–C) groups is 1. The molecule has 11 atom stereocenters. The van der Waals surface area contributed by atoms with Gasteiger partial charge in [0, 0.05) is 56.0 Å². The van der Waals surface area contributed by atoms with Crippen LogP contribution < -0.4 is 82.3 Å². The maximum atomic E-state index is 14.4. The number of aliphatic hydroxyl groups excluding tert-OH is 1. The number of aliphatic hydroxyl groups is 1. The molecule has 494 valence electrons. The number of unbranched alkanes of at least 4 members (excludes halogenated alkanes) is 1. The topological polar surface area (TPSA) is 654 Å². The number of H-pyrrole nitrogens is 2. The summed E-state index contributed by atoms with van der Waals surface area (Å²) in [4.78, 5) is 202. The van der Waals surface area contributed by atoms with Gasteiger partial charge in [-0.3, -0.25) is 67.3 Å². The molecule has 27 N–H and O–H groups in total. The van der Waals surface area contributed by atoms with E-state index in [0.29, 0.717) is 19.4 Å². The van der Waals surface area contributed by atoms with Gasteiger partial charge in [0.05, 0.1) is 38.1 Å². The highest BCUT2D eigenvalue weighted by atomic mass is 16.4. The second-order valence-corrected chi connectivity index (χ2v) is 20.5. The van der Waals surface area contributed by atoms with Gasteiger partial charge in [-0.2, -0.15) is 0 Å². The van der Waals surface area contributed by atoms with Crippen molar-refractivity contribution in [2.75, 3.05) is 19.7 Å². The molecule has 0 radical (unpaired) electrons. The molecule has 0 bridgehead atoms. The van der Waals surface area contributed by atoms with E-state index in [9.17, 15) is 87.5 Å². The summed E-state index contributed by atoms with van der Waals surface area (Å²) in [5, 5.41) is 59.9. The second kappa shape index (κ2) is 39.0. The number of guanidine groups is 1. The van der Waals surface area contributed by atoms with Gasteiger partial charge in [-0.15, -0.1) is 0 Å². The fourth-order valence-electron chi connectivity index (χ4n) is 8.26. The third-order valence-corrected chi connectivity index (χ3v) is 13.3. The molecular formula is C51H82N20O18. The van der Waals surface area contributed by atoms with Crippen LogP contribution in [-0.4, -0.2) is 209 Å². The number of amides is 11. The summed E-state index contributed by atoms with van der Waals surface area (Å²) in [6.45, 7) is 2.16. The zero-order valence-electron chi connectivity index (χ0n) is 49.0. The number of rotatable bonds is 44. The number of carboxylic acids is 3. The van der Waals surface area contributed by atoms with Gasteiger partial charge in [-0.05, 0) is 51.0 Å². The predicted molar refractivity (Wildman–Crippen MR) is 308 cm³/mol. The second-order valence-electron chi connectivity index (χ2n) is 20.5. The Labute approximate surface area is 508 Å². The molecule has 2 heterocycles. The fraction of sp³-hybridized carbons (Fsp3) is 0.588. The van der Waals surface area contributed by atoms with Gasteiger partial charge in [-0.1, -0.05) is 26.7 Å². The average Bonchev–Trinajstić information content (AvgIpc) is 4.35. The number of carbonyl (C=O) groups is 14. The summed E-state index contributed by atoms with van der Waals surface area (Å²) in [5.74, 6) is -18.1. The van der Waals surface area contributed by atoms with Crippen molar-refractivity contribution in [2.24, 2.45) is 45.3 Å². The molecule has 0 saturated carbocycles. The van der Waals surface area contributed by atoms with Crippen molar-refractivity contribution in [3.63, 3.8) is 0 Å². The van der Waals surface area contributed by atoms with Crippen LogP contribution in [0.25, 0.3) is 0 Å². The summed E-state index contributed by atoms with van der Waals surface area (Å²) in [5.41, 5.74) is 33.5. The molecule has 0 aliphatic heterocycles. The number of nitrogens with zero attached hydrogens (tertiary/aromatic N) is 3. The van der Waals surface area contributed by atoms with E-state index in [4.69, 9.17) is 34.4 Å². The highest BCUT2D eigenvalue weighted by Gasteiger charge is 2.37. The number of aromatic amines is 2. The lowest BCUT2D eigenvalue weighted by Crippen LogP contribution is -2.61. The zero-order valence-corrected chi connectivity index (χ0v) is 49.0. The Kier molecular flexibility index (Phi) is 33.0. The van der Waals surface area contributed by atoms with Gasteiger partial charge < -0.3 is 113 Å². The van der Waals surface area contributed by atoms with E-state index in [1.54, 1.807) is 6.92 Å². The van der Waals surface area contributed by atoms with Gasteiger partial charge in [-0.25, -0.2) is 14.8 Å². The van der Waals surface area contributed by atoms with Crippen LogP contribution in [0, 0.1) is 5.92 Å². The van der Waals surface area contributed by atoms with Crippen LogP contribution in [0.3, 0.4) is 0 Å². The highest BCUT2D eigenvalue weighted by Crippen LogP contribution is 2.12. The van der Waals surface area contributed by atoms with Crippen molar-refractivity contribution in [2.45, 2.75) is 164 Å². The molecule has 11 amide bonds. The van der Waals surface area contributed by atoms with E-state index < -0.39 is 207 Å². The standard InChI is InChI=1S/C51H82N20O18/c1-3-24(2)40(50(88)89)71-48(86)34(18-39(77)78)69-46(84)32(16-26-20-59-23-62-26)68-45(83)31(15-25-19-58-22-61-25)67-44(82)30(10-12-37(55)74)65-43(81)29(9-11-36(54)73)64-42(80)28(8-6-14-60-51(56)57)63-49(87)35(21-72)70-47(85)33(17-38(75)76)66-41(79)27(53)7-4-5-13-52/h19-20,22-24,27-35,40,72H,3-18,21,52-53H2,1-2H3,(H2,54,73)(H2,55,74)(H,58,61)(H,59,62)(H,63,87)(H,64,80)(H,65,81)(H,66,79)(H,67,82)(H,68,83)(H,69,84)(H,70,85)(H,71,86)(H,75,76)(H,77,78)(H,88,89)(H4,56,57,60)/t24-,27-,28-,29-,30-,31-,32-,33-,34-,35-,40-/m0/s1. The molecular weight excluding hydrogens is 1180 g/mol. The number of carboxylic acid groups (broad SMARTS) is 3. The maximum absolute atomic E-state index is 14.4. The number of nitrogens with two attached hydrogens (primary N) is 6. The number of aliphatic carboxylic acids is 3. The smallest absolute Gasteiger partial charge is 0.326 e. The van der Waals surface area contributed by atoms with Crippen LogP contribution >= 0.6 is 0 Å². The van der Waals surface area contributed by atoms with Crippen molar-refractivity contribution in [1.29, 1.82) is 0 Å². The van der Waals surface area contributed by atoms with Crippen molar-refractivity contribution >= 4 is 88.8 Å². The number of hydrogen-bond donors (Lipinski definition) is 21.